The molecule has 1 saturated heterocycles. The van der Waals surface area contributed by atoms with Crippen LogP contribution in [0.25, 0.3) is 10.4 Å². The van der Waals surface area contributed by atoms with Crippen molar-refractivity contribution in [2.45, 2.75) is 32.5 Å². The highest BCUT2D eigenvalue weighted by Crippen LogP contribution is 2.51. The third-order valence-corrected chi connectivity index (χ3v) is 7.66. The second-order valence-corrected chi connectivity index (χ2v) is 9.80. The number of aliphatic hydroxyl groups is 1. The number of hydrogen-bond acceptors (Lipinski definition) is 8. The number of rotatable bonds is 7. The number of pyridine rings is 1. The lowest BCUT2D eigenvalue weighted by Gasteiger charge is -2.47. The number of primary amides is 1. The molecule has 180 valence electrons. The second kappa shape index (κ2) is 8.10. The van der Waals surface area contributed by atoms with Gasteiger partial charge in [0.25, 0.3) is 5.91 Å². The summed E-state index contributed by atoms with van der Waals surface area (Å²) in [5.41, 5.74) is 5.94. The summed E-state index contributed by atoms with van der Waals surface area (Å²) >= 11 is 1.18. The number of imidazole rings is 1. The molecular formula is C23H21N5O6S. The summed E-state index contributed by atoms with van der Waals surface area (Å²) in [5.74, 6) is -3.89. The fourth-order valence-electron chi connectivity index (χ4n) is 5.03. The van der Waals surface area contributed by atoms with Crippen LogP contribution in [-0.4, -0.2) is 55.1 Å². The van der Waals surface area contributed by atoms with Gasteiger partial charge < -0.3 is 25.6 Å². The molecule has 3 aromatic heterocycles. The molecule has 11 nitrogen and oxygen atoms in total. The zero-order chi connectivity index (χ0) is 25.2. The quantitative estimate of drug-likeness (QED) is 0.234. The topological polar surface area (TPSA) is 162 Å². The fraction of sp³-hybridized carbons (Fsp3) is 0.304. The summed E-state index contributed by atoms with van der Waals surface area (Å²) < 4.78 is 3.13. The number of aliphatic hydroxyl groups excluding tert-OH is 1. The third kappa shape index (κ3) is 3.44. The number of aromatic nitrogens is 3. The van der Waals surface area contributed by atoms with Crippen molar-refractivity contribution in [1.82, 2.24) is 14.3 Å². The summed E-state index contributed by atoms with van der Waals surface area (Å²) in [5, 5.41) is 22.1. The van der Waals surface area contributed by atoms with Gasteiger partial charge in [-0.15, -0.1) is 11.3 Å². The Morgan fingerprint density at radius 3 is 2.77 bits per heavy atom. The van der Waals surface area contributed by atoms with E-state index in [9.17, 15) is 29.4 Å². The molecule has 0 aromatic carbocycles. The zero-order valence-corrected chi connectivity index (χ0v) is 19.6. The van der Waals surface area contributed by atoms with Crippen LogP contribution in [0.4, 0.5) is 0 Å². The van der Waals surface area contributed by atoms with Crippen LogP contribution >= 0.6 is 11.3 Å². The highest BCUT2D eigenvalue weighted by molar-refractivity contribution is 7.18. The fourth-order valence-corrected chi connectivity index (χ4v) is 6.25. The van der Waals surface area contributed by atoms with Crippen LogP contribution in [0.3, 0.4) is 0 Å². The predicted molar refractivity (Wildman–Crippen MR) is 119 cm³/mol. The Morgan fingerprint density at radius 2 is 2.11 bits per heavy atom. The average Bonchev–Trinajstić information content (AvgIpc) is 3.42. The standard InChI is InChI=1S/C23H21N5O6S/c1-10-15(19(23(33)34)28-18(10)16(11(2)29)21(28)32)13-7-27-9-25-17(22(27)35-13)20(31)12-4-3-5-26(6-12)8-14(24)30/h3-7,9-11,16,18,29H,8H2,1-2H3,(H2-,24,30,33,34)/t10-,11+,16+,18+/m0/s1. The summed E-state index contributed by atoms with van der Waals surface area (Å²) in [6, 6.07) is 2.75. The van der Waals surface area contributed by atoms with E-state index >= 15 is 0 Å². The average molecular weight is 496 g/mol. The molecule has 0 aliphatic carbocycles. The van der Waals surface area contributed by atoms with Crippen molar-refractivity contribution >= 4 is 45.3 Å². The lowest BCUT2D eigenvalue weighted by atomic mass is 9.77. The first-order valence-corrected chi connectivity index (χ1v) is 11.7. The molecule has 0 unspecified atom stereocenters. The number of carboxylic acids is 1. The number of carbonyl (C=O) groups is 4. The highest BCUT2D eigenvalue weighted by Gasteiger charge is 2.58. The summed E-state index contributed by atoms with van der Waals surface area (Å²) in [6.45, 7) is 3.25. The van der Waals surface area contributed by atoms with Crippen LogP contribution in [0, 0.1) is 11.8 Å². The van der Waals surface area contributed by atoms with Crippen LogP contribution in [0.15, 0.2) is 42.7 Å². The molecule has 0 spiro atoms. The molecule has 4 atom stereocenters. The Morgan fingerprint density at radius 1 is 1.37 bits per heavy atom. The molecule has 12 heteroatoms. The largest absolute Gasteiger partial charge is 0.543 e. The smallest absolute Gasteiger partial charge is 0.283 e. The number of carboxylic acid groups (broad SMARTS) is 1. The number of thiazole rings is 1. The third-order valence-electron chi connectivity index (χ3n) is 6.52. The number of β-lactam (4-membered cyclic amide) rings is 1. The maximum absolute atomic E-state index is 13.2. The first-order valence-electron chi connectivity index (χ1n) is 10.9. The molecule has 3 aromatic rings. The van der Waals surface area contributed by atoms with Gasteiger partial charge in [0.05, 0.1) is 40.2 Å². The van der Waals surface area contributed by atoms with Gasteiger partial charge >= 0.3 is 0 Å². The summed E-state index contributed by atoms with van der Waals surface area (Å²) in [6.07, 6.45) is 5.35. The number of carbonyl (C=O) groups excluding carboxylic acids is 4. The molecule has 5 rings (SSSR count). The van der Waals surface area contributed by atoms with E-state index in [4.69, 9.17) is 5.73 Å². The van der Waals surface area contributed by atoms with E-state index in [1.807, 2.05) is 6.92 Å². The molecule has 3 N–H and O–H groups in total. The van der Waals surface area contributed by atoms with Crippen LogP contribution in [0.5, 0.6) is 0 Å². The van der Waals surface area contributed by atoms with Crippen molar-refractivity contribution in [2.75, 3.05) is 0 Å². The number of hydrogen-bond donors (Lipinski definition) is 2. The molecule has 1 fully saturated rings. The van der Waals surface area contributed by atoms with Gasteiger partial charge in [0.2, 0.25) is 18.2 Å². The lowest BCUT2D eigenvalue weighted by Crippen LogP contribution is -2.64. The van der Waals surface area contributed by atoms with E-state index in [2.05, 4.69) is 4.98 Å². The van der Waals surface area contributed by atoms with Gasteiger partial charge in [-0.25, -0.2) is 4.98 Å². The number of ketones is 1. The van der Waals surface area contributed by atoms with E-state index in [0.717, 1.165) is 0 Å². The first-order chi connectivity index (χ1) is 16.6. The lowest BCUT2D eigenvalue weighted by molar-refractivity contribution is -0.684. The molecule has 5 heterocycles. The van der Waals surface area contributed by atoms with Crippen molar-refractivity contribution in [1.29, 1.82) is 0 Å². The van der Waals surface area contributed by atoms with Crippen LogP contribution < -0.4 is 15.4 Å². The Hall–Kier alpha value is -3.90. The van der Waals surface area contributed by atoms with E-state index in [-0.39, 0.29) is 29.6 Å². The van der Waals surface area contributed by atoms with E-state index in [0.29, 0.717) is 20.8 Å². The van der Waals surface area contributed by atoms with Gasteiger partial charge in [0.15, 0.2) is 12.4 Å². The number of aliphatic carboxylic acids is 1. The normalized spacial score (nSPS) is 22.3. The van der Waals surface area contributed by atoms with Gasteiger partial charge in [0.1, 0.15) is 16.9 Å². The number of nitrogens with two attached hydrogens (primary N) is 1. The monoisotopic (exact) mass is 495 g/mol. The van der Waals surface area contributed by atoms with Crippen molar-refractivity contribution in [3.8, 4) is 0 Å². The van der Waals surface area contributed by atoms with Gasteiger partial charge in [-0.2, -0.15) is 4.57 Å². The van der Waals surface area contributed by atoms with Crippen LogP contribution in [0.2, 0.25) is 0 Å². The molecule has 0 saturated carbocycles. The van der Waals surface area contributed by atoms with Crippen LogP contribution in [-0.2, 0) is 20.9 Å². The number of fused-ring (bicyclic) bond motifs is 2. The van der Waals surface area contributed by atoms with Crippen LogP contribution in [0.1, 0.15) is 34.8 Å². The Bertz CT molecular complexity index is 1450. The van der Waals surface area contributed by atoms with Gasteiger partial charge in [0, 0.05) is 23.8 Å². The van der Waals surface area contributed by atoms with E-state index in [1.165, 1.54) is 40.3 Å². The molecule has 2 amide bonds. The Labute approximate surface area is 202 Å². The maximum Gasteiger partial charge on any atom is 0.283 e. The SMILES string of the molecule is C[C@@H](O)[C@H]1C(=O)N2C(C(=O)[O-])=C(c3cn4cnc(C(=O)c5ccc[n+](CC(N)=O)c5)c4s3)[C@H](C)[C@H]12. The molecule has 2 aliphatic heterocycles. The van der Waals surface area contributed by atoms with Crippen molar-refractivity contribution in [2.24, 2.45) is 17.6 Å². The molecular weight excluding hydrogens is 474 g/mol. The summed E-state index contributed by atoms with van der Waals surface area (Å²) in [4.78, 5) is 55.6. The van der Waals surface area contributed by atoms with Crippen molar-refractivity contribution < 1.29 is 34.0 Å². The highest BCUT2D eigenvalue weighted by atomic mass is 32.1. The number of nitrogens with zero attached hydrogens (tertiary/aromatic N) is 4. The van der Waals surface area contributed by atoms with Crippen molar-refractivity contribution in [3.05, 3.63) is 58.9 Å². The maximum atomic E-state index is 13.2. The predicted octanol–water partition coefficient (Wildman–Crippen LogP) is -1.28. The van der Waals surface area contributed by atoms with E-state index in [1.54, 1.807) is 28.9 Å². The van der Waals surface area contributed by atoms with Crippen molar-refractivity contribution in [3.63, 3.8) is 0 Å². The minimum atomic E-state index is -1.47. The molecule has 0 radical (unpaired) electrons. The molecule has 2 aliphatic rings. The van der Waals surface area contributed by atoms with Gasteiger partial charge in [-0.1, -0.05) is 6.92 Å². The minimum absolute atomic E-state index is 0.0786. The molecule has 35 heavy (non-hydrogen) atoms. The van der Waals surface area contributed by atoms with Gasteiger partial charge in [-0.3, -0.25) is 18.8 Å². The zero-order valence-electron chi connectivity index (χ0n) is 18.7. The minimum Gasteiger partial charge on any atom is -0.543 e. The Kier molecular flexibility index (Phi) is 5.29. The first kappa shape index (κ1) is 22.9. The Balaban J connectivity index is 1.54. The van der Waals surface area contributed by atoms with E-state index < -0.39 is 35.8 Å². The second-order valence-electron chi connectivity index (χ2n) is 8.77. The number of amides is 2. The summed E-state index contributed by atoms with van der Waals surface area (Å²) in [7, 11) is 0. The molecule has 0 bridgehead atoms. The van der Waals surface area contributed by atoms with Gasteiger partial charge in [-0.05, 0) is 13.0 Å².